The zero-order chi connectivity index (χ0) is 11.6. The number of carbonyl (C=O) groups is 1. The molecule has 0 fully saturated rings. The van der Waals surface area contributed by atoms with Crippen molar-refractivity contribution in [2.45, 2.75) is 20.3 Å². The first-order valence-electron chi connectivity index (χ1n) is 4.31. The summed E-state index contributed by atoms with van der Waals surface area (Å²) in [6, 6.07) is 4.06. The third-order valence-corrected chi connectivity index (χ3v) is 2.18. The normalized spacial score (nSPS) is 10.1. The lowest BCUT2D eigenvalue weighted by Gasteiger charge is -2.07. The first-order chi connectivity index (χ1) is 6.97. The number of hydrogen-bond donors (Lipinski definition) is 0. The summed E-state index contributed by atoms with van der Waals surface area (Å²) in [5, 5.41) is 8.72. The standard InChI is InChI=1S/C11H9F2NO/c1-6-9(5-14)3-8(11(12)13)4-10(6)7(2)15/h3-4,11H,1-2H3. The van der Waals surface area contributed by atoms with Crippen LogP contribution >= 0.6 is 0 Å². The van der Waals surface area contributed by atoms with Gasteiger partial charge in [0, 0.05) is 11.1 Å². The quantitative estimate of drug-likeness (QED) is 0.702. The van der Waals surface area contributed by atoms with Crippen molar-refractivity contribution in [1.29, 1.82) is 5.26 Å². The summed E-state index contributed by atoms with van der Waals surface area (Å²) in [4.78, 5) is 11.2. The van der Waals surface area contributed by atoms with Crippen LogP contribution in [0.2, 0.25) is 0 Å². The van der Waals surface area contributed by atoms with Crippen LogP contribution in [0, 0.1) is 18.3 Å². The molecule has 0 atom stereocenters. The predicted molar refractivity (Wildman–Crippen MR) is 50.9 cm³/mol. The van der Waals surface area contributed by atoms with Gasteiger partial charge in [0.1, 0.15) is 0 Å². The number of nitrogens with zero attached hydrogens (tertiary/aromatic N) is 1. The van der Waals surface area contributed by atoms with E-state index in [1.165, 1.54) is 6.92 Å². The topological polar surface area (TPSA) is 40.9 Å². The number of halogens is 2. The number of Topliss-reactive ketones (excluding diaryl/α,β-unsaturated/α-hetero) is 1. The molecule has 0 aliphatic carbocycles. The molecule has 4 heteroatoms. The highest BCUT2D eigenvalue weighted by Crippen LogP contribution is 2.24. The average molecular weight is 209 g/mol. The lowest BCUT2D eigenvalue weighted by Crippen LogP contribution is -2.01. The summed E-state index contributed by atoms with van der Waals surface area (Å²) < 4.78 is 24.9. The molecule has 0 N–H and O–H groups in total. The van der Waals surface area contributed by atoms with Gasteiger partial charge in [-0.25, -0.2) is 8.78 Å². The Morgan fingerprint density at radius 3 is 2.47 bits per heavy atom. The van der Waals surface area contributed by atoms with Crippen LogP contribution in [0.3, 0.4) is 0 Å². The molecule has 0 radical (unpaired) electrons. The molecule has 0 saturated heterocycles. The minimum Gasteiger partial charge on any atom is -0.295 e. The van der Waals surface area contributed by atoms with Crippen molar-refractivity contribution >= 4 is 5.78 Å². The maximum absolute atomic E-state index is 12.4. The second-order valence-electron chi connectivity index (χ2n) is 3.21. The van der Waals surface area contributed by atoms with Crippen LogP contribution in [0.1, 0.15) is 40.4 Å². The zero-order valence-corrected chi connectivity index (χ0v) is 8.34. The largest absolute Gasteiger partial charge is 0.295 e. The molecule has 0 unspecified atom stereocenters. The molecule has 15 heavy (non-hydrogen) atoms. The summed E-state index contributed by atoms with van der Waals surface area (Å²) in [5.41, 5.74) is 0.471. The summed E-state index contributed by atoms with van der Waals surface area (Å²) in [6.45, 7) is 2.86. The van der Waals surface area contributed by atoms with E-state index in [2.05, 4.69) is 0 Å². The predicted octanol–water partition coefficient (Wildman–Crippen LogP) is 3.01. The van der Waals surface area contributed by atoms with Crippen LogP contribution in [0.25, 0.3) is 0 Å². The number of benzene rings is 1. The van der Waals surface area contributed by atoms with E-state index in [1.807, 2.05) is 0 Å². The molecular weight excluding hydrogens is 200 g/mol. The summed E-state index contributed by atoms with van der Waals surface area (Å²) in [6.07, 6.45) is -2.67. The molecule has 1 aromatic carbocycles. The number of alkyl halides is 2. The lowest BCUT2D eigenvalue weighted by molar-refractivity contribution is 0.101. The molecule has 0 amide bonds. The number of hydrogen-bond acceptors (Lipinski definition) is 2. The maximum Gasteiger partial charge on any atom is 0.263 e. The molecule has 0 aliphatic rings. The molecule has 2 nitrogen and oxygen atoms in total. The molecule has 0 aliphatic heterocycles. The van der Waals surface area contributed by atoms with Gasteiger partial charge >= 0.3 is 0 Å². The van der Waals surface area contributed by atoms with Gasteiger partial charge in [-0.1, -0.05) is 0 Å². The fourth-order valence-electron chi connectivity index (χ4n) is 1.34. The SMILES string of the molecule is CC(=O)c1cc(C(F)F)cc(C#N)c1C. The van der Waals surface area contributed by atoms with Crippen molar-refractivity contribution in [2.24, 2.45) is 0 Å². The minimum absolute atomic E-state index is 0.123. The first kappa shape index (κ1) is 11.3. The van der Waals surface area contributed by atoms with Gasteiger partial charge in [-0.3, -0.25) is 4.79 Å². The molecule has 0 aromatic heterocycles. The molecule has 78 valence electrons. The Kier molecular flexibility index (Phi) is 3.15. The van der Waals surface area contributed by atoms with E-state index in [-0.39, 0.29) is 22.5 Å². The van der Waals surface area contributed by atoms with Gasteiger partial charge in [-0.15, -0.1) is 0 Å². The Morgan fingerprint density at radius 2 is 2.07 bits per heavy atom. The number of ketones is 1. The number of nitriles is 1. The summed E-state index contributed by atoms with van der Waals surface area (Å²) in [7, 11) is 0. The molecule has 1 rings (SSSR count). The Labute approximate surface area is 86.1 Å². The maximum atomic E-state index is 12.4. The van der Waals surface area contributed by atoms with Gasteiger partial charge in [0.15, 0.2) is 5.78 Å². The van der Waals surface area contributed by atoms with Crippen LogP contribution in [-0.4, -0.2) is 5.78 Å². The van der Waals surface area contributed by atoms with Crippen molar-refractivity contribution in [3.63, 3.8) is 0 Å². The molecule has 0 heterocycles. The number of carbonyl (C=O) groups excluding carboxylic acids is 1. The Balaban J connectivity index is 3.47. The van der Waals surface area contributed by atoms with E-state index >= 15 is 0 Å². The van der Waals surface area contributed by atoms with Crippen molar-refractivity contribution in [3.05, 3.63) is 34.4 Å². The van der Waals surface area contributed by atoms with Crippen molar-refractivity contribution in [3.8, 4) is 6.07 Å². The third-order valence-electron chi connectivity index (χ3n) is 2.18. The van der Waals surface area contributed by atoms with Gasteiger partial charge < -0.3 is 0 Å². The molecule has 0 spiro atoms. The fraction of sp³-hybridized carbons (Fsp3) is 0.273. The highest BCUT2D eigenvalue weighted by atomic mass is 19.3. The number of rotatable bonds is 2. The highest BCUT2D eigenvalue weighted by molar-refractivity contribution is 5.96. The van der Waals surface area contributed by atoms with Crippen LogP contribution in [0.5, 0.6) is 0 Å². The average Bonchev–Trinajstić information content (AvgIpc) is 2.17. The van der Waals surface area contributed by atoms with Crippen LogP contribution in [0.15, 0.2) is 12.1 Å². The Bertz CT molecular complexity index is 447. The Hall–Kier alpha value is -1.76. The molecule has 1 aromatic rings. The third kappa shape index (κ3) is 2.18. The second kappa shape index (κ2) is 4.18. The van der Waals surface area contributed by atoms with Gasteiger partial charge in [-0.2, -0.15) is 5.26 Å². The van der Waals surface area contributed by atoms with Crippen LogP contribution < -0.4 is 0 Å². The van der Waals surface area contributed by atoms with Crippen molar-refractivity contribution in [1.82, 2.24) is 0 Å². The van der Waals surface area contributed by atoms with E-state index in [9.17, 15) is 13.6 Å². The van der Waals surface area contributed by atoms with Crippen LogP contribution in [0.4, 0.5) is 8.78 Å². The van der Waals surface area contributed by atoms with Crippen molar-refractivity contribution < 1.29 is 13.6 Å². The highest BCUT2D eigenvalue weighted by Gasteiger charge is 2.15. The van der Waals surface area contributed by atoms with E-state index in [0.717, 1.165) is 12.1 Å². The monoisotopic (exact) mass is 209 g/mol. The molecular formula is C11H9F2NO. The van der Waals surface area contributed by atoms with E-state index in [1.54, 1.807) is 13.0 Å². The first-order valence-corrected chi connectivity index (χ1v) is 4.31. The van der Waals surface area contributed by atoms with Gasteiger partial charge in [0.05, 0.1) is 11.6 Å². The molecule has 0 saturated carbocycles. The summed E-state index contributed by atoms with van der Waals surface area (Å²) in [5.74, 6) is -0.313. The summed E-state index contributed by atoms with van der Waals surface area (Å²) >= 11 is 0. The molecule has 0 bridgehead atoms. The van der Waals surface area contributed by atoms with Gasteiger partial charge in [-0.05, 0) is 31.5 Å². The van der Waals surface area contributed by atoms with E-state index in [0.29, 0.717) is 5.56 Å². The fourth-order valence-corrected chi connectivity index (χ4v) is 1.34. The van der Waals surface area contributed by atoms with Gasteiger partial charge in [0.25, 0.3) is 6.43 Å². The van der Waals surface area contributed by atoms with Crippen LogP contribution in [-0.2, 0) is 0 Å². The van der Waals surface area contributed by atoms with E-state index in [4.69, 9.17) is 5.26 Å². The van der Waals surface area contributed by atoms with Gasteiger partial charge in [0.2, 0.25) is 0 Å². The lowest BCUT2D eigenvalue weighted by atomic mass is 9.97. The zero-order valence-electron chi connectivity index (χ0n) is 8.34. The second-order valence-corrected chi connectivity index (χ2v) is 3.21. The van der Waals surface area contributed by atoms with Crippen molar-refractivity contribution in [2.75, 3.05) is 0 Å². The van der Waals surface area contributed by atoms with E-state index < -0.39 is 6.43 Å². The minimum atomic E-state index is -2.67. The smallest absolute Gasteiger partial charge is 0.263 e. The Morgan fingerprint density at radius 1 is 1.47 bits per heavy atom.